The molecule has 0 radical (unpaired) electrons. The van der Waals surface area contributed by atoms with E-state index in [1.165, 1.54) is 0 Å². The summed E-state index contributed by atoms with van der Waals surface area (Å²) in [5.74, 6) is 0. The maximum atomic E-state index is 5.07. The van der Waals surface area contributed by atoms with Gasteiger partial charge >= 0.3 is 0 Å². The molecule has 16 heavy (non-hydrogen) atoms. The van der Waals surface area contributed by atoms with Crippen LogP contribution in [0.3, 0.4) is 0 Å². The number of hydrogen-bond acceptors (Lipinski definition) is 2. The molecule has 0 fully saturated rings. The first kappa shape index (κ1) is 17.5. The number of hydrogen-bond donors (Lipinski definition) is 1. The van der Waals surface area contributed by atoms with Crippen molar-refractivity contribution in [3.63, 3.8) is 0 Å². The van der Waals surface area contributed by atoms with E-state index in [1.54, 1.807) is 14.0 Å². The van der Waals surface area contributed by atoms with Gasteiger partial charge in [0, 0.05) is 24.2 Å². The summed E-state index contributed by atoms with van der Waals surface area (Å²) < 4.78 is 4.53. The van der Waals surface area contributed by atoms with Gasteiger partial charge in [0.2, 0.25) is 0 Å². The van der Waals surface area contributed by atoms with Crippen molar-refractivity contribution in [3.05, 3.63) is 60.7 Å². The van der Waals surface area contributed by atoms with Crippen LogP contribution in [0.15, 0.2) is 60.7 Å². The van der Waals surface area contributed by atoms with Crippen LogP contribution >= 0.6 is 0 Å². The quantitative estimate of drug-likeness (QED) is 0.486. The Labute approximate surface area is 109 Å². The Morgan fingerprint density at radius 2 is 1.31 bits per heavy atom. The smallest absolute Gasteiger partial charge is 0.102 e. The molecule has 0 saturated carbocycles. The molecule has 1 unspecified atom stereocenters. The second-order valence-electron chi connectivity index (χ2n) is 2.87. The van der Waals surface area contributed by atoms with Gasteiger partial charge in [0.25, 0.3) is 0 Å². The first-order valence-corrected chi connectivity index (χ1v) is 4.89. The molecule has 0 spiro atoms. The van der Waals surface area contributed by atoms with E-state index >= 15 is 0 Å². The number of nitrogens with two attached hydrogens (primary N) is 1. The largest absolute Gasteiger partial charge is 0.748 e. The Morgan fingerprint density at radius 1 is 1.00 bits per heavy atom. The molecule has 1 atom stereocenters. The standard InChI is InChI=1S/2C5H5.C3H9NO.Fe/c2*1-2-4-5-3-1;1-3(4)5-2;/h2*1-5H;3H,4H2,1-2H3;/q-5;-1;;. The number of ether oxygens (including phenoxy) is 1. The van der Waals surface area contributed by atoms with Gasteiger partial charge in [0.1, 0.15) is 6.23 Å². The van der Waals surface area contributed by atoms with Gasteiger partial charge in [-0.1, -0.05) is 0 Å². The molecule has 0 amide bonds. The average molecular weight is 261 g/mol. The van der Waals surface area contributed by atoms with E-state index in [9.17, 15) is 0 Å². The van der Waals surface area contributed by atoms with Gasteiger partial charge in [0.05, 0.1) is 0 Å². The molecule has 2 rings (SSSR count). The SMILES string of the molecule is COC(C)N.[Fe].[cH-]1[cH-][cH-][cH-][cH-]1.c1cc[cH-]c1. The van der Waals surface area contributed by atoms with E-state index in [0.717, 1.165) is 0 Å². The van der Waals surface area contributed by atoms with Crippen LogP contribution in [0, 0.1) is 0 Å². The molecule has 96 valence electrons. The van der Waals surface area contributed by atoms with Crippen LogP contribution in [0.25, 0.3) is 0 Å². The van der Waals surface area contributed by atoms with Crippen molar-refractivity contribution >= 4 is 0 Å². The van der Waals surface area contributed by atoms with Gasteiger partial charge in [-0.25, -0.2) is 12.1 Å². The van der Waals surface area contributed by atoms with Gasteiger partial charge in [-0.05, 0) is 6.92 Å². The zero-order valence-corrected chi connectivity index (χ0v) is 10.8. The van der Waals surface area contributed by atoms with Gasteiger partial charge in [0.15, 0.2) is 0 Å². The minimum absolute atomic E-state index is 0. The summed E-state index contributed by atoms with van der Waals surface area (Å²) in [7, 11) is 1.57. The third-order valence-corrected chi connectivity index (χ3v) is 1.48. The van der Waals surface area contributed by atoms with Crippen LogP contribution in [0.5, 0.6) is 0 Å². The fourth-order valence-corrected chi connectivity index (χ4v) is 0.642. The van der Waals surface area contributed by atoms with Crippen molar-refractivity contribution in [2.24, 2.45) is 5.73 Å². The molecule has 0 heterocycles. The Bertz CT molecular complexity index is 203. The van der Waals surface area contributed by atoms with Crippen LogP contribution in [0.2, 0.25) is 0 Å². The Morgan fingerprint density at radius 3 is 1.44 bits per heavy atom. The molecule has 2 aromatic carbocycles. The molecule has 0 aliphatic carbocycles. The maximum Gasteiger partial charge on any atom is 0.102 e. The summed E-state index contributed by atoms with van der Waals surface area (Å²) in [6, 6.07) is 20.0. The normalized spacial score (nSPS) is 9.69. The van der Waals surface area contributed by atoms with Crippen molar-refractivity contribution in [2.75, 3.05) is 7.11 Å². The van der Waals surface area contributed by atoms with E-state index in [1.807, 2.05) is 60.7 Å². The molecule has 2 nitrogen and oxygen atoms in total. The fraction of sp³-hybridized carbons (Fsp3) is 0.231. The Balaban J connectivity index is 0. The third-order valence-electron chi connectivity index (χ3n) is 1.48. The van der Waals surface area contributed by atoms with E-state index in [4.69, 9.17) is 5.73 Å². The number of methoxy groups -OCH3 is 1. The second-order valence-corrected chi connectivity index (χ2v) is 2.87. The Hall–Kier alpha value is -0.861. The summed E-state index contributed by atoms with van der Waals surface area (Å²) in [6.07, 6.45) is -0.116. The first-order valence-electron chi connectivity index (χ1n) is 4.89. The van der Waals surface area contributed by atoms with Crippen molar-refractivity contribution in [2.45, 2.75) is 13.2 Å². The molecule has 2 N–H and O–H groups in total. The Kier molecular flexibility index (Phi) is 15.5. The van der Waals surface area contributed by atoms with Gasteiger partial charge < -0.3 is 40.8 Å². The topological polar surface area (TPSA) is 35.2 Å². The van der Waals surface area contributed by atoms with Gasteiger partial charge in [-0.15, -0.1) is 0 Å². The molecule has 2 aromatic rings. The fourth-order valence-electron chi connectivity index (χ4n) is 0.642. The summed E-state index contributed by atoms with van der Waals surface area (Å²) in [5, 5.41) is 0. The summed E-state index contributed by atoms with van der Waals surface area (Å²) >= 11 is 0. The van der Waals surface area contributed by atoms with E-state index in [-0.39, 0.29) is 23.3 Å². The van der Waals surface area contributed by atoms with Crippen LogP contribution in [-0.2, 0) is 21.8 Å². The molecular weight excluding hydrogens is 242 g/mol. The molecule has 0 saturated heterocycles. The van der Waals surface area contributed by atoms with Gasteiger partial charge in [-0.3, -0.25) is 0 Å². The molecule has 0 aliphatic heterocycles. The zero-order chi connectivity index (χ0) is 11.4. The van der Waals surface area contributed by atoms with Crippen LogP contribution in [0.4, 0.5) is 0 Å². The third kappa shape index (κ3) is 15.6. The minimum Gasteiger partial charge on any atom is -0.748 e. The van der Waals surface area contributed by atoms with E-state index in [0.29, 0.717) is 0 Å². The predicted molar refractivity (Wildman–Crippen MR) is 64.7 cm³/mol. The van der Waals surface area contributed by atoms with Crippen LogP contribution in [0.1, 0.15) is 6.92 Å². The maximum absolute atomic E-state index is 5.07. The summed E-state index contributed by atoms with van der Waals surface area (Å²) in [4.78, 5) is 0. The van der Waals surface area contributed by atoms with Crippen molar-refractivity contribution < 1.29 is 21.8 Å². The van der Waals surface area contributed by atoms with Crippen molar-refractivity contribution in [1.29, 1.82) is 0 Å². The zero-order valence-electron chi connectivity index (χ0n) is 9.69. The van der Waals surface area contributed by atoms with Gasteiger partial charge in [-0.2, -0.15) is 18.2 Å². The summed E-state index contributed by atoms with van der Waals surface area (Å²) in [5.41, 5.74) is 5.07. The second kappa shape index (κ2) is 14.1. The van der Waals surface area contributed by atoms with E-state index < -0.39 is 0 Å². The first-order chi connectivity index (χ1) is 7.27. The molecule has 3 heteroatoms. The molecular formula is C13H19FeNO-6. The van der Waals surface area contributed by atoms with Crippen LogP contribution in [-0.4, -0.2) is 13.3 Å². The number of rotatable bonds is 1. The summed E-state index contributed by atoms with van der Waals surface area (Å²) in [6.45, 7) is 1.78. The van der Waals surface area contributed by atoms with E-state index in [2.05, 4.69) is 4.74 Å². The van der Waals surface area contributed by atoms with Crippen molar-refractivity contribution in [3.8, 4) is 0 Å². The molecule has 0 aromatic heterocycles. The predicted octanol–water partition coefficient (Wildman–Crippen LogP) is 2.75. The minimum atomic E-state index is -0.116. The van der Waals surface area contributed by atoms with Crippen molar-refractivity contribution in [1.82, 2.24) is 0 Å². The average Bonchev–Trinajstić information content (AvgIpc) is 2.96. The molecule has 0 bridgehead atoms. The monoisotopic (exact) mass is 261 g/mol. The molecule has 0 aliphatic rings. The van der Waals surface area contributed by atoms with Crippen LogP contribution < -0.4 is 5.73 Å².